The van der Waals surface area contributed by atoms with Gasteiger partial charge in [0.25, 0.3) is 0 Å². The first-order chi connectivity index (χ1) is 10.5. The third-order valence-electron chi connectivity index (χ3n) is 4.50. The van der Waals surface area contributed by atoms with Crippen LogP contribution in [0, 0.1) is 6.92 Å². The molecule has 0 saturated heterocycles. The van der Waals surface area contributed by atoms with Crippen LogP contribution in [0.2, 0.25) is 0 Å². The molecule has 0 aliphatic carbocycles. The average Bonchev–Trinajstić information content (AvgIpc) is 2.86. The van der Waals surface area contributed by atoms with Crippen molar-refractivity contribution in [3.05, 3.63) is 59.7 Å². The third kappa shape index (κ3) is 1.77. The normalized spacial score (nSPS) is 15.9. The van der Waals surface area contributed by atoms with Crippen molar-refractivity contribution in [2.45, 2.75) is 33.2 Å². The molecule has 2 aromatic carbocycles. The Morgan fingerprint density at radius 2 is 1.73 bits per heavy atom. The van der Waals surface area contributed by atoms with E-state index in [1.165, 1.54) is 27.8 Å². The molecule has 3 aromatic rings. The summed E-state index contributed by atoms with van der Waals surface area (Å²) in [4.78, 5) is 4.98. The minimum atomic E-state index is -0.0771. The number of aryl methyl sites for hydroxylation is 1. The van der Waals surface area contributed by atoms with Crippen molar-refractivity contribution in [2.24, 2.45) is 0 Å². The first-order valence-electron chi connectivity index (χ1n) is 7.76. The molecule has 0 atom stereocenters. The molecule has 1 aromatic heterocycles. The lowest BCUT2D eigenvalue weighted by Crippen LogP contribution is -2.27. The van der Waals surface area contributed by atoms with Crippen LogP contribution in [0.4, 0.5) is 0 Å². The maximum Gasteiger partial charge on any atom is 0.141 e. The summed E-state index contributed by atoms with van der Waals surface area (Å²) >= 11 is 0. The highest BCUT2D eigenvalue weighted by molar-refractivity contribution is 5.94. The minimum absolute atomic E-state index is 0.0771. The SMILES string of the molecule is CC1=CC(C)(C)n2c(-c3ccccc3)nc3cc(C)cc1c32. The van der Waals surface area contributed by atoms with E-state index in [2.05, 4.69) is 74.7 Å². The van der Waals surface area contributed by atoms with Crippen LogP contribution in [-0.4, -0.2) is 9.55 Å². The van der Waals surface area contributed by atoms with Gasteiger partial charge in [0.1, 0.15) is 5.82 Å². The van der Waals surface area contributed by atoms with Gasteiger partial charge >= 0.3 is 0 Å². The number of hydrogen-bond acceptors (Lipinski definition) is 1. The van der Waals surface area contributed by atoms with E-state index in [4.69, 9.17) is 4.98 Å². The van der Waals surface area contributed by atoms with E-state index in [0.717, 1.165) is 11.3 Å². The van der Waals surface area contributed by atoms with E-state index < -0.39 is 0 Å². The highest BCUT2D eigenvalue weighted by Gasteiger charge is 2.30. The zero-order valence-electron chi connectivity index (χ0n) is 13.5. The lowest BCUT2D eigenvalue weighted by atomic mass is 9.91. The number of benzene rings is 2. The summed E-state index contributed by atoms with van der Waals surface area (Å²) in [5.41, 5.74) is 7.35. The highest BCUT2D eigenvalue weighted by Crippen LogP contribution is 2.41. The monoisotopic (exact) mass is 288 g/mol. The smallest absolute Gasteiger partial charge is 0.141 e. The topological polar surface area (TPSA) is 17.8 Å². The Bertz CT molecular complexity index is 912. The van der Waals surface area contributed by atoms with Crippen LogP contribution in [0.5, 0.6) is 0 Å². The van der Waals surface area contributed by atoms with Crippen molar-refractivity contribution in [3.8, 4) is 11.4 Å². The zero-order chi connectivity index (χ0) is 15.5. The van der Waals surface area contributed by atoms with Gasteiger partial charge < -0.3 is 4.57 Å². The molecule has 0 saturated carbocycles. The molecule has 0 fully saturated rings. The summed E-state index contributed by atoms with van der Waals surface area (Å²) in [5, 5.41) is 0. The number of hydrogen-bond donors (Lipinski definition) is 0. The Balaban J connectivity index is 2.16. The first-order valence-corrected chi connectivity index (χ1v) is 7.76. The van der Waals surface area contributed by atoms with Gasteiger partial charge in [0, 0.05) is 11.1 Å². The van der Waals surface area contributed by atoms with E-state index in [0.29, 0.717) is 0 Å². The average molecular weight is 288 g/mol. The largest absolute Gasteiger partial charge is 0.314 e. The molecule has 22 heavy (non-hydrogen) atoms. The molecular formula is C20H20N2. The van der Waals surface area contributed by atoms with Crippen LogP contribution >= 0.6 is 0 Å². The molecule has 0 radical (unpaired) electrons. The highest BCUT2D eigenvalue weighted by atomic mass is 15.1. The lowest BCUT2D eigenvalue weighted by Gasteiger charge is -2.31. The Morgan fingerprint density at radius 1 is 1.00 bits per heavy atom. The summed E-state index contributed by atoms with van der Waals surface area (Å²) in [6, 6.07) is 14.9. The molecule has 1 aliphatic heterocycles. The summed E-state index contributed by atoms with van der Waals surface area (Å²) in [6.07, 6.45) is 2.35. The minimum Gasteiger partial charge on any atom is -0.314 e. The second kappa shape index (κ2) is 4.33. The molecule has 0 amide bonds. The molecule has 110 valence electrons. The predicted molar refractivity (Wildman–Crippen MR) is 92.9 cm³/mol. The second-order valence-corrected chi connectivity index (χ2v) is 6.80. The fraction of sp³-hybridized carbons (Fsp3) is 0.250. The van der Waals surface area contributed by atoms with E-state index in [9.17, 15) is 0 Å². The van der Waals surface area contributed by atoms with Crippen LogP contribution in [0.1, 0.15) is 31.9 Å². The van der Waals surface area contributed by atoms with E-state index in [1.807, 2.05) is 6.07 Å². The maximum absolute atomic E-state index is 4.98. The van der Waals surface area contributed by atoms with E-state index >= 15 is 0 Å². The number of allylic oxidation sites excluding steroid dienone is 2. The van der Waals surface area contributed by atoms with Crippen molar-refractivity contribution in [1.82, 2.24) is 9.55 Å². The number of rotatable bonds is 1. The molecule has 0 unspecified atom stereocenters. The van der Waals surface area contributed by atoms with Crippen LogP contribution in [0.15, 0.2) is 48.5 Å². The molecule has 2 heteroatoms. The van der Waals surface area contributed by atoms with Gasteiger partial charge in [-0.15, -0.1) is 0 Å². The summed E-state index contributed by atoms with van der Waals surface area (Å²) in [5.74, 6) is 1.05. The van der Waals surface area contributed by atoms with E-state index in [1.54, 1.807) is 0 Å². The fourth-order valence-corrected chi connectivity index (χ4v) is 3.66. The predicted octanol–water partition coefficient (Wildman–Crippen LogP) is 5.16. The molecule has 4 rings (SSSR count). The first kappa shape index (κ1) is 13.3. The molecule has 1 aliphatic rings. The van der Waals surface area contributed by atoms with Crippen molar-refractivity contribution in [3.63, 3.8) is 0 Å². The van der Waals surface area contributed by atoms with Crippen LogP contribution in [0.25, 0.3) is 28.0 Å². The second-order valence-electron chi connectivity index (χ2n) is 6.80. The number of aromatic nitrogens is 2. The Hall–Kier alpha value is -2.35. The fourth-order valence-electron chi connectivity index (χ4n) is 3.66. The number of nitrogens with zero attached hydrogens (tertiary/aromatic N) is 2. The Labute approximate surface area is 131 Å². The van der Waals surface area contributed by atoms with Crippen LogP contribution in [-0.2, 0) is 5.54 Å². The third-order valence-corrected chi connectivity index (χ3v) is 4.50. The van der Waals surface area contributed by atoms with Crippen molar-refractivity contribution in [1.29, 1.82) is 0 Å². The summed E-state index contributed by atoms with van der Waals surface area (Å²) in [6.45, 7) is 8.86. The molecule has 2 heterocycles. The molecular weight excluding hydrogens is 268 g/mol. The van der Waals surface area contributed by atoms with Crippen molar-refractivity contribution >= 4 is 16.6 Å². The van der Waals surface area contributed by atoms with Crippen LogP contribution < -0.4 is 0 Å². The van der Waals surface area contributed by atoms with Gasteiger partial charge in [-0.3, -0.25) is 0 Å². The van der Waals surface area contributed by atoms with Gasteiger partial charge in [0.2, 0.25) is 0 Å². The van der Waals surface area contributed by atoms with Gasteiger partial charge in [-0.2, -0.15) is 0 Å². The summed E-state index contributed by atoms with van der Waals surface area (Å²) < 4.78 is 2.39. The maximum atomic E-state index is 4.98. The van der Waals surface area contributed by atoms with Crippen molar-refractivity contribution in [2.75, 3.05) is 0 Å². The lowest BCUT2D eigenvalue weighted by molar-refractivity contribution is 0.470. The summed E-state index contributed by atoms with van der Waals surface area (Å²) in [7, 11) is 0. The van der Waals surface area contributed by atoms with Gasteiger partial charge in [0.05, 0.1) is 16.6 Å². The quantitative estimate of drug-likeness (QED) is 0.604. The Kier molecular flexibility index (Phi) is 2.62. The number of imidazole rings is 1. The van der Waals surface area contributed by atoms with Gasteiger partial charge in [-0.1, -0.05) is 36.4 Å². The standard InChI is InChI=1S/C20H20N2/c1-13-10-16-14(2)12-20(3,4)22-18(16)17(11-13)21-19(22)15-8-6-5-7-9-15/h5-12H,1-4H3. The molecule has 2 nitrogen and oxygen atoms in total. The van der Waals surface area contributed by atoms with Crippen molar-refractivity contribution < 1.29 is 0 Å². The van der Waals surface area contributed by atoms with Gasteiger partial charge in [-0.05, 0) is 51.0 Å². The van der Waals surface area contributed by atoms with Gasteiger partial charge in [-0.25, -0.2) is 4.98 Å². The zero-order valence-corrected chi connectivity index (χ0v) is 13.5. The molecule has 0 bridgehead atoms. The van der Waals surface area contributed by atoms with E-state index in [-0.39, 0.29) is 5.54 Å². The van der Waals surface area contributed by atoms with Gasteiger partial charge in [0.15, 0.2) is 0 Å². The Morgan fingerprint density at radius 3 is 2.45 bits per heavy atom. The van der Waals surface area contributed by atoms with Crippen LogP contribution in [0.3, 0.4) is 0 Å². The molecule has 0 spiro atoms. The molecule has 0 N–H and O–H groups in total.